The Hall–Kier alpha value is -1.15. The first kappa shape index (κ1) is 11.3. The summed E-state index contributed by atoms with van der Waals surface area (Å²) in [7, 11) is 0. The molecule has 1 heterocycles. The second-order valence-corrected chi connectivity index (χ2v) is 5.74. The van der Waals surface area contributed by atoms with Crippen LogP contribution in [0.4, 0.5) is 11.4 Å². The minimum absolute atomic E-state index is 0.0794. The van der Waals surface area contributed by atoms with Crippen molar-refractivity contribution in [2.24, 2.45) is 0 Å². The maximum Gasteiger partial charge on any atom is 0.275 e. The molecule has 6 nitrogen and oxygen atoms in total. The van der Waals surface area contributed by atoms with E-state index in [-0.39, 0.29) is 11.4 Å². The average molecular weight is 241 g/mol. The predicted octanol–water partition coefficient (Wildman–Crippen LogP) is 2.79. The van der Waals surface area contributed by atoms with Gasteiger partial charge in [0.25, 0.3) is 5.69 Å². The molecular weight excluding hydrogens is 232 g/mol. The molecule has 0 saturated carbocycles. The van der Waals surface area contributed by atoms with Crippen LogP contribution in [0.15, 0.2) is 18.2 Å². The molecule has 1 aromatic rings. The number of non-ortho nitro benzene ring substituents is 1. The van der Waals surface area contributed by atoms with Gasteiger partial charge in [-0.2, -0.15) is 0 Å². The quantitative estimate of drug-likeness (QED) is 0.248. The van der Waals surface area contributed by atoms with Crippen LogP contribution >= 0.6 is 11.9 Å². The summed E-state index contributed by atoms with van der Waals surface area (Å²) in [5.74, 6) is 0. The number of fused-ring (bicyclic) bond motifs is 1. The van der Waals surface area contributed by atoms with Crippen LogP contribution in [0.5, 0.6) is 0 Å². The first-order valence-electron chi connectivity index (χ1n) is 4.55. The highest BCUT2D eigenvalue weighted by atomic mass is 32.2. The van der Waals surface area contributed by atoms with Crippen molar-refractivity contribution >= 4 is 23.3 Å². The van der Waals surface area contributed by atoms with Gasteiger partial charge in [0, 0.05) is 11.6 Å². The van der Waals surface area contributed by atoms with Crippen molar-refractivity contribution in [3.8, 4) is 0 Å². The van der Waals surface area contributed by atoms with Crippen molar-refractivity contribution in [1.29, 1.82) is 0 Å². The molecule has 0 unspecified atom stereocenters. The molecule has 1 aromatic carbocycles. The van der Waals surface area contributed by atoms with Gasteiger partial charge < -0.3 is 14.6 Å². The number of rotatable bonds is 1. The van der Waals surface area contributed by atoms with Gasteiger partial charge in [-0.1, -0.05) is 0 Å². The molecule has 86 valence electrons. The van der Waals surface area contributed by atoms with E-state index in [0.717, 1.165) is 6.07 Å². The SMILES string of the molecule is CC1(C)S[N+]([O-])([O-])c2cc([N+](=O)[O-])ccc21. The molecule has 0 atom stereocenters. The Bertz CT molecular complexity index is 473. The van der Waals surface area contributed by atoms with Crippen molar-refractivity contribution in [2.75, 3.05) is 0 Å². The maximum absolute atomic E-state index is 11.6. The Kier molecular flexibility index (Phi) is 2.25. The summed E-state index contributed by atoms with van der Waals surface area (Å²) in [6.07, 6.45) is 0. The molecule has 7 heteroatoms. The average Bonchev–Trinajstić information content (AvgIpc) is 2.32. The number of quaternary nitrogens is 1. The Morgan fingerprint density at radius 2 is 2.00 bits per heavy atom. The minimum atomic E-state index is -1.87. The zero-order chi connectivity index (χ0) is 12.1. The summed E-state index contributed by atoms with van der Waals surface area (Å²) >= 11 is 0.678. The molecule has 0 fully saturated rings. The van der Waals surface area contributed by atoms with E-state index in [1.807, 2.05) is 0 Å². The van der Waals surface area contributed by atoms with E-state index >= 15 is 0 Å². The summed E-state index contributed by atoms with van der Waals surface area (Å²) in [6.45, 7) is 3.50. The topological polar surface area (TPSA) is 89.3 Å². The number of benzene rings is 1. The zero-order valence-electron chi connectivity index (χ0n) is 8.67. The molecule has 0 radical (unpaired) electrons. The molecule has 0 aromatic heterocycles. The molecule has 0 N–H and O–H groups in total. The Balaban J connectivity index is 2.63. The van der Waals surface area contributed by atoms with Gasteiger partial charge in [0.15, 0.2) is 5.69 Å². The molecule has 0 bridgehead atoms. The highest BCUT2D eigenvalue weighted by molar-refractivity contribution is 8.00. The van der Waals surface area contributed by atoms with Crippen LogP contribution in [0.3, 0.4) is 0 Å². The van der Waals surface area contributed by atoms with Crippen LogP contribution in [-0.4, -0.2) is 4.92 Å². The lowest BCUT2D eigenvalue weighted by atomic mass is 10.00. The Morgan fingerprint density at radius 1 is 1.38 bits per heavy atom. The second kappa shape index (κ2) is 3.17. The van der Waals surface area contributed by atoms with Gasteiger partial charge in [-0.25, -0.2) is 0 Å². The molecule has 2 rings (SSSR count). The van der Waals surface area contributed by atoms with Crippen molar-refractivity contribution < 1.29 is 4.92 Å². The molecule has 1 aliphatic heterocycles. The normalized spacial score (nSPS) is 20.5. The molecule has 0 spiro atoms. The van der Waals surface area contributed by atoms with Crippen molar-refractivity contribution in [3.63, 3.8) is 0 Å². The van der Waals surface area contributed by atoms with Crippen LogP contribution in [-0.2, 0) is 4.75 Å². The first-order valence-corrected chi connectivity index (χ1v) is 5.33. The Morgan fingerprint density at radius 3 is 2.56 bits per heavy atom. The largest absolute Gasteiger partial charge is 0.614 e. The van der Waals surface area contributed by atoms with Crippen LogP contribution in [0.2, 0.25) is 0 Å². The standard InChI is InChI=1S/C9H9N2O4S/c1-9(2)7-4-3-6(10(12)13)5-8(7)11(14,15)16-9/h3-5H,1-2H3/q-1. The number of hydrogen-bond acceptors (Lipinski definition) is 5. The van der Waals surface area contributed by atoms with E-state index in [1.165, 1.54) is 12.1 Å². The minimum Gasteiger partial charge on any atom is -0.614 e. The second-order valence-electron chi connectivity index (χ2n) is 4.06. The van der Waals surface area contributed by atoms with Crippen LogP contribution in [0, 0.1) is 20.5 Å². The third-order valence-electron chi connectivity index (χ3n) is 2.48. The van der Waals surface area contributed by atoms with Crippen molar-refractivity contribution in [2.45, 2.75) is 18.6 Å². The number of nitrogens with zero attached hydrogens (tertiary/aromatic N) is 2. The third-order valence-corrected chi connectivity index (χ3v) is 3.60. The van der Waals surface area contributed by atoms with Gasteiger partial charge in [-0.15, -0.1) is 0 Å². The van der Waals surface area contributed by atoms with E-state index < -0.39 is 13.9 Å². The summed E-state index contributed by atoms with van der Waals surface area (Å²) in [4.78, 5) is 9.95. The van der Waals surface area contributed by atoms with Gasteiger partial charge in [0.1, 0.15) is 0 Å². The number of hydrogen-bond donors (Lipinski definition) is 0. The number of nitro benzene ring substituents is 1. The van der Waals surface area contributed by atoms with Crippen LogP contribution < -0.4 is 4.21 Å². The lowest BCUT2D eigenvalue weighted by molar-refractivity contribution is -0.384. The smallest absolute Gasteiger partial charge is 0.275 e. The first-order chi connectivity index (χ1) is 7.24. The maximum atomic E-state index is 11.6. The molecule has 0 amide bonds. The summed E-state index contributed by atoms with van der Waals surface area (Å²) in [6, 6.07) is 3.86. The third kappa shape index (κ3) is 1.57. The van der Waals surface area contributed by atoms with Gasteiger partial charge >= 0.3 is 0 Å². The highest BCUT2D eigenvalue weighted by Gasteiger charge is 2.43. The van der Waals surface area contributed by atoms with Crippen molar-refractivity contribution in [3.05, 3.63) is 44.3 Å². The number of nitro groups is 1. The Labute approximate surface area is 95.9 Å². The predicted molar refractivity (Wildman–Crippen MR) is 62.2 cm³/mol. The van der Waals surface area contributed by atoms with E-state index in [2.05, 4.69) is 0 Å². The molecule has 0 saturated heterocycles. The fraction of sp³-hybridized carbons (Fsp3) is 0.333. The lowest BCUT2D eigenvalue weighted by Crippen LogP contribution is -2.25. The van der Waals surface area contributed by atoms with E-state index in [0.29, 0.717) is 17.5 Å². The zero-order valence-corrected chi connectivity index (χ0v) is 9.48. The van der Waals surface area contributed by atoms with Crippen molar-refractivity contribution in [1.82, 2.24) is 4.21 Å². The highest BCUT2D eigenvalue weighted by Crippen LogP contribution is 2.55. The summed E-state index contributed by atoms with van der Waals surface area (Å²) < 4.78 is -2.49. The van der Waals surface area contributed by atoms with Gasteiger partial charge in [0.05, 0.1) is 27.7 Å². The molecule has 16 heavy (non-hydrogen) atoms. The lowest BCUT2D eigenvalue weighted by Gasteiger charge is -2.40. The summed E-state index contributed by atoms with van der Waals surface area (Å²) in [5, 5.41) is 33.8. The van der Waals surface area contributed by atoms with E-state index in [9.17, 15) is 20.5 Å². The van der Waals surface area contributed by atoms with E-state index in [1.54, 1.807) is 13.8 Å². The van der Waals surface area contributed by atoms with Gasteiger partial charge in [0.2, 0.25) is 0 Å². The molecular formula is C9H9N2O4S-. The fourth-order valence-corrected chi connectivity index (χ4v) is 2.89. The summed E-state index contributed by atoms with van der Waals surface area (Å²) in [5.41, 5.74) is 0.253. The van der Waals surface area contributed by atoms with Crippen LogP contribution in [0.1, 0.15) is 19.4 Å². The molecule has 1 aliphatic rings. The monoisotopic (exact) mass is 241 g/mol. The van der Waals surface area contributed by atoms with Gasteiger partial charge in [-0.05, 0) is 19.9 Å². The van der Waals surface area contributed by atoms with E-state index in [4.69, 9.17) is 0 Å². The molecule has 0 aliphatic carbocycles. The fourth-order valence-electron chi connectivity index (χ4n) is 1.77. The van der Waals surface area contributed by atoms with Crippen LogP contribution in [0.25, 0.3) is 0 Å². The van der Waals surface area contributed by atoms with Gasteiger partial charge in [-0.3, -0.25) is 10.1 Å².